The molecular formula is C17H23NO6S. The predicted octanol–water partition coefficient (Wildman–Crippen LogP) is 1.86. The van der Waals surface area contributed by atoms with Gasteiger partial charge >= 0.3 is 5.97 Å². The van der Waals surface area contributed by atoms with Gasteiger partial charge in [0.05, 0.1) is 29.0 Å². The second-order valence-corrected chi connectivity index (χ2v) is 8.66. The Kier molecular flexibility index (Phi) is 5.41. The van der Waals surface area contributed by atoms with Crippen LogP contribution < -0.4 is 10.1 Å². The van der Waals surface area contributed by atoms with E-state index >= 15 is 0 Å². The number of hydrogen-bond donors (Lipinski definition) is 2. The van der Waals surface area contributed by atoms with Gasteiger partial charge in [-0.2, -0.15) is 0 Å². The van der Waals surface area contributed by atoms with Gasteiger partial charge in [-0.05, 0) is 38.0 Å². The summed E-state index contributed by atoms with van der Waals surface area (Å²) in [4.78, 5) is 24.3. The molecule has 1 saturated carbocycles. The molecule has 1 aliphatic rings. The Morgan fingerprint density at radius 2 is 2.00 bits per heavy atom. The van der Waals surface area contributed by atoms with Gasteiger partial charge in [0.15, 0.2) is 9.84 Å². The minimum Gasteiger partial charge on any atom is -0.496 e. The van der Waals surface area contributed by atoms with Gasteiger partial charge in [0.2, 0.25) is 0 Å². The van der Waals surface area contributed by atoms with E-state index in [9.17, 15) is 23.1 Å². The maximum atomic E-state index is 12.8. The fraction of sp³-hybridized carbons (Fsp3) is 0.529. The molecule has 1 aromatic rings. The van der Waals surface area contributed by atoms with Crippen LogP contribution in [0.5, 0.6) is 5.75 Å². The number of sulfone groups is 1. The molecule has 25 heavy (non-hydrogen) atoms. The SMILES string of the molecule is COc1ccc(S(C)(=O)=O)cc1C(=O)NC1(C)CCCCC1C(=O)O. The number of benzene rings is 1. The molecule has 8 heteroatoms. The van der Waals surface area contributed by atoms with Gasteiger partial charge in [0.25, 0.3) is 5.91 Å². The van der Waals surface area contributed by atoms with Crippen LogP contribution in [0.25, 0.3) is 0 Å². The van der Waals surface area contributed by atoms with Crippen molar-refractivity contribution in [2.45, 2.75) is 43.0 Å². The molecule has 2 unspecified atom stereocenters. The summed E-state index contributed by atoms with van der Waals surface area (Å²) in [6.07, 6.45) is 3.71. The van der Waals surface area contributed by atoms with Crippen LogP contribution in [-0.2, 0) is 14.6 Å². The number of carboxylic acids is 1. The third kappa shape index (κ3) is 4.12. The highest BCUT2D eigenvalue weighted by molar-refractivity contribution is 7.90. The Morgan fingerprint density at radius 3 is 2.56 bits per heavy atom. The van der Waals surface area contributed by atoms with E-state index in [4.69, 9.17) is 4.74 Å². The van der Waals surface area contributed by atoms with Crippen molar-refractivity contribution in [1.82, 2.24) is 5.32 Å². The average Bonchev–Trinajstić information content (AvgIpc) is 2.53. The lowest BCUT2D eigenvalue weighted by Crippen LogP contribution is -2.55. The zero-order valence-corrected chi connectivity index (χ0v) is 15.4. The number of methoxy groups -OCH3 is 1. The van der Waals surface area contributed by atoms with Crippen molar-refractivity contribution in [2.24, 2.45) is 5.92 Å². The molecule has 1 aromatic carbocycles. The molecule has 0 radical (unpaired) electrons. The molecule has 0 aromatic heterocycles. The van der Waals surface area contributed by atoms with E-state index in [0.717, 1.165) is 19.1 Å². The highest BCUT2D eigenvalue weighted by Crippen LogP contribution is 2.34. The number of amides is 1. The fourth-order valence-electron chi connectivity index (χ4n) is 3.30. The third-order valence-electron chi connectivity index (χ3n) is 4.75. The molecule has 0 bridgehead atoms. The molecule has 2 rings (SSSR count). The molecule has 1 aliphatic carbocycles. The highest BCUT2D eigenvalue weighted by atomic mass is 32.2. The predicted molar refractivity (Wildman–Crippen MR) is 91.6 cm³/mol. The first-order chi connectivity index (χ1) is 11.6. The topological polar surface area (TPSA) is 110 Å². The molecule has 0 spiro atoms. The van der Waals surface area contributed by atoms with E-state index in [1.165, 1.54) is 25.3 Å². The second-order valence-electron chi connectivity index (χ2n) is 6.64. The zero-order chi connectivity index (χ0) is 18.8. The standard InChI is InChI=1S/C17H23NO6S/c1-17(9-5-4-6-13(17)16(20)21)18-15(19)12-10-11(25(3,22)23)7-8-14(12)24-2/h7-8,10,13H,4-6,9H2,1-3H3,(H,18,19)(H,20,21). The number of aliphatic carboxylic acids is 1. The molecule has 138 valence electrons. The summed E-state index contributed by atoms with van der Waals surface area (Å²) in [5.74, 6) is -1.94. The maximum Gasteiger partial charge on any atom is 0.308 e. The van der Waals surface area contributed by atoms with E-state index in [0.29, 0.717) is 12.8 Å². The Morgan fingerprint density at radius 1 is 1.32 bits per heavy atom. The van der Waals surface area contributed by atoms with Gasteiger partial charge in [-0.1, -0.05) is 12.8 Å². The maximum absolute atomic E-state index is 12.8. The van der Waals surface area contributed by atoms with E-state index in [-0.39, 0.29) is 16.2 Å². The second kappa shape index (κ2) is 7.03. The fourth-order valence-corrected chi connectivity index (χ4v) is 3.95. The van der Waals surface area contributed by atoms with Crippen molar-refractivity contribution in [3.05, 3.63) is 23.8 Å². The van der Waals surface area contributed by atoms with Crippen molar-refractivity contribution >= 4 is 21.7 Å². The van der Waals surface area contributed by atoms with Crippen molar-refractivity contribution in [3.63, 3.8) is 0 Å². The van der Waals surface area contributed by atoms with E-state index in [1.807, 2.05) is 0 Å². The summed E-state index contributed by atoms with van der Waals surface area (Å²) in [5, 5.41) is 12.3. The largest absolute Gasteiger partial charge is 0.496 e. The molecule has 0 saturated heterocycles. The Hall–Kier alpha value is -2.09. The minimum atomic E-state index is -3.49. The number of hydrogen-bond acceptors (Lipinski definition) is 5. The van der Waals surface area contributed by atoms with Crippen LogP contribution in [0.4, 0.5) is 0 Å². The highest BCUT2D eigenvalue weighted by Gasteiger charge is 2.42. The van der Waals surface area contributed by atoms with Crippen LogP contribution in [0.15, 0.2) is 23.1 Å². The Balaban J connectivity index is 2.38. The lowest BCUT2D eigenvalue weighted by atomic mass is 9.73. The average molecular weight is 369 g/mol. The monoisotopic (exact) mass is 369 g/mol. The molecule has 1 amide bonds. The summed E-state index contributed by atoms with van der Waals surface area (Å²) in [6.45, 7) is 1.72. The van der Waals surface area contributed by atoms with Crippen LogP contribution in [0.1, 0.15) is 43.0 Å². The van der Waals surface area contributed by atoms with Gasteiger partial charge in [-0.15, -0.1) is 0 Å². The van der Waals surface area contributed by atoms with Crippen LogP contribution in [0.3, 0.4) is 0 Å². The number of carboxylic acid groups (broad SMARTS) is 1. The summed E-state index contributed by atoms with van der Waals surface area (Å²) in [6, 6.07) is 4.04. The molecule has 2 N–H and O–H groups in total. The first-order valence-corrected chi connectivity index (χ1v) is 9.91. The van der Waals surface area contributed by atoms with Gasteiger partial charge in [0.1, 0.15) is 5.75 Å². The lowest BCUT2D eigenvalue weighted by Gasteiger charge is -2.39. The lowest BCUT2D eigenvalue weighted by molar-refractivity contribution is -0.145. The van der Waals surface area contributed by atoms with Crippen LogP contribution in [0, 0.1) is 5.92 Å². The summed E-state index contributed by atoms with van der Waals surface area (Å²) in [7, 11) is -2.10. The van der Waals surface area contributed by atoms with E-state index in [2.05, 4.69) is 5.32 Å². The van der Waals surface area contributed by atoms with Crippen LogP contribution in [-0.4, -0.2) is 44.3 Å². The molecule has 2 atom stereocenters. The summed E-state index contributed by atoms with van der Waals surface area (Å²) in [5.41, 5.74) is -0.825. The molecule has 0 heterocycles. The van der Waals surface area contributed by atoms with Gasteiger partial charge in [-0.3, -0.25) is 9.59 Å². The summed E-state index contributed by atoms with van der Waals surface area (Å²) >= 11 is 0. The Labute approximate surface area is 147 Å². The minimum absolute atomic E-state index is 0.00188. The number of rotatable bonds is 5. The molecular weight excluding hydrogens is 346 g/mol. The van der Waals surface area contributed by atoms with Gasteiger partial charge in [-0.25, -0.2) is 8.42 Å². The van der Waals surface area contributed by atoms with Gasteiger partial charge in [0, 0.05) is 6.26 Å². The number of carbonyl (C=O) groups excluding carboxylic acids is 1. The number of carbonyl (C=O) groups is 2. The quantitative estimate of drug-likeness (QED) is 0.820. The molecule has 0 aliphatic heterocycles. The third-order valence-corrected chi connectivity index (χ3v) is 5.86. The molecule has 1 fully saturated rings. The van der Waals surface area contributed by atoms with Crippen LogP contribution in [0.2, 0.25) is 0 Å². The summed E-state index contributed by atoms with van der Waals surface area (Å²) < 4.78 is 28.7. The molecule has 7 nitrogen and oxygen atoms in total. The van der Waals surface area contributed by atoms with Crippen molar-refractivity contribution in [3.8, 4) is 5.75 Å². The van der Waals surface area contributed by atoms with Crippen molar-refractivity contribution in [2.75, 3.05) is 13.4 Å². The van der Waals surface area contributed by atoms with Crippen molar-refractivity contribution < 1.29 is 27.9 Å². The first kappa shape index (κ1) is 19.2. The smallest absolute Gasteiger partial charge is 0.308 e. The van der Waals surface area contributed by atoms with E-state index in [1.54, 1.807) is 6.92 Å². The normalized spacial score (nSPS) is 23.7. The number of ether oxygens (including phenoxy) is 1. The van der Waals surface area contributed by atoms with Crippen LogP contribution >= 0.6 is 0 Å². The van der Waals surface area contributed by atoms with Gasteiger partial charge < -0.3 is 15.2 Å². The van der Waals surface area contributed by atoms with Crippen molar-refractivity contribution in [1.29, 1.82) is 0 Å². The number of nitrogens with one attached hydrogen (secondary N) is 1. The zero-order valence-electron chi connectivity index (χ0n) is 14.5. The van der Waals surface area contributed by atoms with E-state index < -0.39 is 33.2 Å². The Bertz CT molecular complexity index is 788. The first-order valence-electron chi connectivity index (χ1n) is 8.02.